The molecule has 1 aromatic rings. The summed E-state index contributed by atoms with van der Waals surface area (Å²) in [5, 5.41) is 4.43. The number of imidazole rings is 1. The Hall–Kier alpha value is -0.480. The molecule has 0 amide bonds. The molecule has 4 heteroatoms. The third kappa shape index (κ3) is 2.51. The molecule has 2 unspecified atom stereocenters. The van der Waals surface area contributed by atoms with Gasteiger partial charge in [-0.2, -0.15) is 11.8 Å². The van der Waals surface area contributed by atoms with Gasteiger partial charge in [0, 0.05) is 29.7 Å². The number of thioether (sulfide) groups is 1. The summed E-state index contributed by atoms with van der Waals surface area (Å²) >= 11 is 2.00. The van der Waals surface area contributed by atoms with Crippen molar-refractivity contribution in [3.63, 3.8) is 0 Å². The van der Waals surface area contributed by atoms with E-state index in [1.54, 1.807) is 6.33 Å². The summed E-state index contributed by atoms with van der Waals surface area (Å²) in [4.78, 5) is 7.11. The molecular formula is C10H17N3S. The van der Waals surface area contributed by atoms with Gasteiger partial charge in [-0.15, -0.1) is 0 Å². The van der Waals surface area contributed by atoms with Crippen LogP contribution in [-0.4, -0.2) is 27.5 Å². The van der Waals surface area contributed by atoms with Crippen molar-refractivity contribution < 1.29 is 0 Å². The highest BCUT2D eigenvalue weighted by Gasteiger charge is 2.23. The number of aromatic nitrogens is 2. The lowest BCUT2D eigenvalue weighted by molar-refractivity contribution is 0.521. The van der Waals surface area contributed by atoms with E-state index in [2.05, 4.69) is 21.5 Å². The molecule has 2 rings (SSSR count). The second kappa shape index (κ2) is 4.84. The summed E-state index contributed by atoms with van der Waals surface area (Å²) in [6, 6.07) is 0.704. The van der Waals surface area contributed by atoms with Crippen molar-refractivity contribution in [3.8, 4) is 0 Å². The maximum absolute atomic E-state index is 4.00. The minimum absolute atomic E-state index is 0.704. The van der Waals surface area contributed by atoms with Gasteiger partial charge in [0.05, 0.1) is 6.33 Å². The van der Waals surface area contributed by atoms with E-state index in [0.29, 0.717) is 6.04 Å². The van der Waals surface area contributed by atoms with Crippen LogP contribution in [-0.2, 0) is 6.54 Å². The minimum Gasteiger partial charge on any atom is -0.347 e. The summed E-state index contributed by atoms with van der Waals surface area (Å²) in [7, 11) is 0. The second-order valence-corrected chi connectivity index (χ2v) is 4.96. The molecule has 14 heavy (non-hydrogen) atoms. The molecule has 78 valence electrons. The monoisotopic (exact) mass is 211 g/mol. The Kier molecular flexibility index (Phi) is 3.48. The molecule has 0 aliphatic heterocycles. The summed E-state index contributed by atoms with van der Waals surface area (Å²) in [6.07, 6.45) is 9.82. The predicted molar refractivity (Wildman–Crippen MR) is 60.4 cm³/mol. The van der Waals surface area contributed by atoms with Crippen molar-refractivity contribution in [1.29, 1.82) is 0 Å². The second-order valence-electron chi connectivity index (χ2n) is 3.83. The molecule has 3 nitrogen and oxygen atoms in total. The summed E-state index contributed by atoms with van der Waals surface area (Å²) < 4.78 is 0. The van der Waals surface area contributed by atoms with Crippen molar-refractivity contribution in [3.05, 3.63) is 18.2 Å². The van der Waals surface area contributed by atoms with Gasteiger partial charge in [-0.3, -0.25) is 0 Å². The Labute approximate surface area is 89.1 Å². The molecule has 1 aliphatic carbocycles. The van der Waals surface area contributed by atoms with Crippen LogP contribution in [0.5, 0.6) is 0 Å². The molecule has 1 aromatic heterocycles. The molecule has 0 aromatic carbocycles. The van der Waals surface area contributed by atoms with Crippen LogP contribution in [0.15, 0.2) is 12.5 Å². The van der Waals surface area contributed by atoms with Gasteiger partial charge in [0.2, 0.25) is 0 Å². The van der Waals surface area contributed by atoms with E-state index in [1.165, 1.54) is 25.0 Å². The predicted octanol–water partition coefficient (Wildman–Crippen LogP) is 1.78. The first-order valence-electron chi connectivity index (χ1n) is 5.12. The van der Waals surface area contributed by atoms with Crippen molar-refractivity contribution in [2.75, 3.05) is 6.26 Å². The van der Waals surface area contributed by atoms with Crippen LogP contribution in [0.25, 0.3) is 0 Å². The number of nitrogens with zero attached hydrogens (tertiary/aromatic N) is 1. The van der Waals surface area contributed by atoms with Gasteiger partial charge in [-0.1, -0.05) is 0 Å². The number of rotatable bonds is 4. The molecule has 1 aliphatic rings. The molecule has 1 fully saturated rings. The molecular weight excluding hydrogens is 194 g/mol. The Balaban J connectivity index is 1.72. The van der Waals surface area contributed by atoms with Gasteiger partial charge in [0.1, 0.15) is 0 Å². The lowest BCUT2D eigenvalue weighted by atomic mass is 10.2. The number of H-pyrrole nitrogens is 1. The first-order valence-corrected chi connectivity index (χ1v) is 6.40. The van der Waals surface area contributed by atoms with Crippen molar-refractivity contribution >= 4 is 11.8 Å². The number of hydrogen-bond acceptors (Lipinski definition) is 3. The maximum atomic E-state index is 4.00. The summed E-state index contributed by atoms with van der Waals surface area (Å²) in [5.41, 5.74) is 1.18. The fourth-order valence-corrected chi connectivity index (χ4v) is 2.77. The van der Waals surface area contributed by atoms with Crippen LogP contribution in [0.3, 0.4) is 0 Å². The Morgan fingerprint density at radius 1 is 1.64 bits per heavy atom. The van der Waals surface area contributed by atoms with Crippen molar-refractivity contribution in [2.45, 2.75) is 37.1 Å². The van der Waals surface area contributed by atoms with Crippen molar-refractivity contribution in [1.82, 2.24) is 15.3 Å². The van der Waals surface area contributed by atoms with E-state index >= 15 is 0 Å². The number of aromatic amines is 1. The first-order chi connectivity index (χ1) is 6.88. The first kappa shape index (κ1) is 10.1. The van der Waals surface area contributed by atoms with Gasteiger partial charge in [0.25, 0.3) is 0 Å². The third-order valence-electron chi connectivity index (χ3n) is 2.85. The third-order valence-corrected chi connectivity index (χ3v) is 3.95. The van der Waals surface area contributed by atoms with E-state index < -0.39 is 0 Å². The average Bonchev–Trinajstić information content (AvgIpc) is 2.86. The Morgan fingerprint density at radius 2 is 2.57 bits per heavy atom. The van der Waals surface area contributed by atoms with Gasteiger partial charge >= 0.3 is 0 Å². The van der Waals surface area contributed by atoms with Crippen LogP contribution in [0.2, 0.25) is 0 Å². The average molecular weight is 211 g/mol. The zero-order valence-corrected chi connectivity index (χ0v) is 9.31. The maximum Gasteiger partial charge on any atom is 0.0922 e. The Bertz CT molecular complexity index is 260. The van der Waals surface area contributed by atoms with Crippen molar-refractivity contribution in [2.24, 2.45) is 0 Å². The van der Waals surface area contributed by atoms with E-state index in [1.807, 2.05) is 18.0 Å². The molecule has 1 saturated carbocycles. The molecule has 0 saturated heterocycles. The molecule has 0 spiro atoms. The fourth-order valence-electron chi connectivity index (χ4n) is 1.98. The Morgan fingerprint density at radius 3 is 3.21 bits per heavy atom. The molecule has 1 heterocycles. The van der Waals surface area contributed by atoms with Gasteiger partial charge in [-0.25, -0.2) is 4.98 Å². The summed E-state index contributed by atoms with van der Waals surface area (Å²) in [6.45, 7) is 0.922. The van der Waals surface area contributed by atoms with Crippen LogP contribution < -0.4 is 5.32 Å². The van der Waals surface area contributed by atoms with Gasteiger partial charge < -0.3 is 10.3 Å². The van der Waals surface area contributed by atoms with Crippen LogP contribution >= 0.6 is 11.8 Å². The molecule has 2 atom stereocenters. The minimum atomic E-state index is 0.704. The SMILES string of the molecule is CSC1CCC(NCc2cnc[nH]2)C1. The van der Waals surface area contributed by atoms with Crippen LogP contribution in [0.1, 0.15) is 25.0 Å². The molecule has 0 radical (unpaired) electrons. The lowest BCUT2D eigenvalue weighted by Gasteiger charge is -2.11. The standard InChI is InChI=1S/C10H17N3S/c1-14-10-3-2-8(4-10)12-6-9-5-11-7-13-9/h5,7-8,10,12H,2-4,6H2,1H3,(H,11,13). The number of hydrogen-bond donors (Lipinski definition) is 2. The van der Waals surface area contributed by atoms with E-state index in [-0.39, 0.29) is 0 Å². The van der Waals surface area contributed by atoms with E-state index in [9.17, 15) is 0 Å². The largest absolute Gasteiger partial charge is 0.347 e. The highest BCUT2D eigenvalue weighted by Crippen LogP contribution is 2.28. The molecule has 0 bridgehead atoms. The summed E-state index contributed by atoms with van der Waals surface area (Å²) in [5.74, 6) is 0. The zero-order chi connectivity index (χ0) is 9.80. The van der Waals surface area contributed by atoms with Crippen LogP contribution in [0.4, 0.5) is 0 Å². The quantitative estimate of drug-likeness (QED) is 0.797. The number of nitrogens with one attached hydrogen (secondary N) is 2. The topological polar surface area (TPSA) is 40.7 Å². The zero-order valence-electron chi connectivity index (χ0n) is 8.49. The fraction of sp³-hybridized carbons (Fsp3) is 0.700. The van der Waals surface area contributed by atoms with E-state index in [4.69, 9.17) is 0 Å². The van der Waals surface area contributed by atoms with Gasteiger partial charge in [0.15, 0.2) is 0 Å². The van der Waals surface area contributed by atoms with E-state index in [0.717, 1.165) is 11.8 Å². The smallest absolute Gasteiger partial charge is 0.0922 e. The molecule has 2 N–H and O–H groups in total. The van der Waals surface area contributed by atoms with Gasteiger partial charge in [-0.05, 0) is 25.5 Å². The highest BCUT2D eigenvalue weighted by molar-refractivity contribution is 7.99. The highest BCUT2D eigenvalue weighted by atomic mass is 32.2. The van der Waals surface area contributed by atoms with Crippen LogP contribution in [0, 0.1) is 0 Å². The lowest BCUT2D eigenvalue weighted by Crippen LogP contribution is -2.26. The normalized spacial score (nSPS) is 26.9.